The number of benzene rings is 1. The van der Waals surface area contributed by atoms with E-state index in [1.807, 2.05) is 24.3 Å². The molecule has 0 saturated heterocycles. The quantitative estimate of drug-likeness (QED) is 0.761. The lowest BCUT2D eigenvalue weighted by molar-refractivity contribution is 0.218. The van der Waals surface area contributed by atoms with Crippen molar-refractivity contribution in [3.63, 3.8) is 0 Å². The van der Waals surface area contributed by atoms with E-state index in [9.17, 15) is 0 Å². The fourth-order valence-electron chi connectivity index (χ4n) is 1.36. The van der Waals surface area contributed by atoms with Crippen molar-refractivity contribution in [1.82, 2.24) is 10.2 Å². The van der Waals surface area contributed by atoms with Crippen LogP contribution in [0.5, 0.6) is 0 Å². The van der Waals surface area contributed by atoms with Crippen molar-refractivity contribution in [3.8, 4) is 11.5 Å². The Bertz CT molecular complexity index is 504. The lowest BCUT2D eigenvalue weighted by Gasteiger charge is -1.98. The summed E-state index contributed by atoms with van der Waals surface area (Å²) in [6, 6.07) is 7.79. The standard InChI is InChI=1S/C12H13BrN2O2S/c1-16-6-7-18-8-11-14-15-12(17-11)9-4-2-3-5-10(9)13/h2-5H,6-8H2,1H3. The van der Waals surface area contributed by atoms with Crippen molar-refractivity contribution in [1.29, 1.82) is 0 Å². The van der Waals surface area contributed by atoms with Gasteiger partial charge in [0.15, 0.2) is 0 Å². The van der Waals surface area contributed by atoms with Crippen LogP contribution < -0.4 is 0 Å². The molecule has 0 aliphatic rings. The van der Waals surface area contributed by atoms with Gasteiger partial charge in [0.1, 0.15) is 0 Å². The third kappa shape index (κ3) is 3.57. The van der Waals surface area contributed by atoms with E-state index in [-0.39, 0.29) is 0 Å². The molecule has 0 atom stereocenters. The van der Waals surface area contributed by atoms with E-state index in [1.54, 1.807) is 18.9 Å². The molecular weight excluding hydrogens is 316 g/mol. The monoisotopic (exact) mass is 328 g/mol. The van der Waals surface area contributed by atoms with Gasteiger partial charge in [0.05, 0.1) is 17.9 Å². The van der Waals surface area contributed by atoms with E-state index in [0.29, 0.717) is 17.5 Å². The highest BCUT2D eigenvalue weighted by molar-refractivity contribution is 9.10. The number of methoxy groups -OCH3 is 1. The van der Waals surface area contributed by atoms with E-state index < -0.39 is 0 Å². The van der Waals surface area contributed by atoms with Gasteiger partial charge >= 0.3 is 0 Å². The molecule has 0 spiro atoms. The number of nitrogens with zero attached hydrogens (tertiary/aromatic N) is 2. The first-order chi connectivity index (χ1) is 8.81. The van der Waals surface area contributed by atoms with Gasteiger partial charge in [-0.15, -0.1) is 22.0 Å². The minimum Gasteiger partial charge on any atom is -0.420 e. The molecule has 18 heavy (non-hydrogen) atoms. The van der Waals surface area contributed by atoms with Crippen LogP contribution in [0.15, 0.2) is 33.2 Å². The molecule has 1 heterocycles. The van der Waals surface area contributed by atoms with Crippen molar-refractivity contribution >= 4 is 27.7 Å². The molecular formula is C12H13BrN2O2S. The Morgan fingerprint density at radius 3 is 2.94 bits per heavy atom. The summed E-state index contributed by atoms with van der Waals surface area (Å²) >= 11 is 5.18. The Morgan fingerprint density at radius 1 is 1.33 bits per heavy atom. The topological polar surface area (TPSA) is 48.2 Å². The van der Waals surface area contributed by atoms with Gasteiger partial charge in [0, 0.05) is 17.3 Å². The van der Waals surface area contributed by atoms with Gasteiger partial charge in [-0.1, -0.05) is 12.1 Å². The number of hydrogen-bond donors (Lipinski definition) is 0. The summed E-state index contributed by atoms with van der Waals surface area (Å²) in [5.74, 6) is 2.82. The summed E-state index contributed by atoms with van der Waals surface area (Å²) in [6.07, 6.45) is 0. The minimum absolute atomic E-state index is 0.546. The highest BCUT2D eigenvalue weighted by atomic mass is 79.9. The number of hydrogen-bond acceptors (Lipinski definition) is 5. The van der Waals surface area contributed by atoms with Crippen molar-refractivity contribution in [2.24, 2.45) is 0 Å². The first kappa shape index (κ1) is 13.6. The second-order valence-corrected chi connectivity index (χ2v) is 5.49. The number of ether oxygens (including phenoxy) is 1. The van der Waals surface area contributed by atoms with E-state index >= 15 is 0 Å². The second-order valence-electron chi connectivity index (χ2n) is 3.53. The van der Waals surface area contributed by atoms with Gasteiger partial charge in [-0.2, -0.15) is 0 Å². The zero-order chi connectivity index (χ0) is 12.8. The third-order valence-electron chi connectivity index (χ3n) is 2.23. The second kappa shape index (κ2) is 6.92. The molecule has 0 aliphatic carbocycles. The molecule has 0 N–H and O–H groups in total. The zero-order valence-electron chi connectivity index (χ0n) is 9.93. The van der Waals surface area contributed by atoms with Crippen LogP contribution in [-0.2, 0) is 10.5 Å². The molecule has 6 heteroatoms. The molecule has 0 aliphatic heterocycles. The molecule has 1 aromatic carbocycles. The van der Waals surface area contributed by atoms with E-state index in [4.69, 9.17) is 9.15 Å². The number of halogens is 1. The SMILES string of the molecule is COCCSCc1nnc(-c2ccccc2Br)o1. The maximum atomic E-state index is 5.62. The molecule has 0 saturated carbocycles. The number of aromatic nitrogens is 2. The van der Waals surface area contributed by atoms with Crippen molar-refractivity contribution in [3.05, 3.63) is 34.6 Å². The molecule has 4 nitrogen and oxygen atoms in total. The molecule has 1 aromatic heterocycles. The van der Waals surface area contributed by atoms with Crippen LogP contribution in [-0.4, -0.2) is 29.7 Å². The van der Waals surface area contributed by atoms with Gasteiger partial charge in [-0.05, 0) is 28.1 Å². The van der Waals surface area contributed by atoms with Crippen LogP contribution in [0.2, 0.25) is 0 Å². The van der Waals surface area contributed by atoms with Crippen molar-refractivity contribution < 1.29 is 9.15 Å². The minimum atomic E-state index is 0.546. The van der Waals surface area contributed by atoms with Gasteiger partial charge in [-0.25, -0.2) is 0 Å². The Labute approximate surface area is 118 Å². The number of rotatable bonds is 6. The van der Waals surface area contributed by atoms with Crippen LogP contribution in [0.1, 0.15) is 5.89 Å². The summed E-state index contributed by atoms with van der Waals surface area (Å²) < 4.78 is 11.5. The lowest BCUT2D eigenvalue weighted by atomic mass is 10.2. The first-order valence-electron chi connectivity index (χ1n) is 5.45. The van der Waals surface area contributed by atoms with Gasteiger partial charge in [0.2, 0.25) is 11.8 Å². The smallest absolute Gasteiger partial charge is 0.248 e. The zero-order valence-corrected chi connectivity index (χ0v) is 12.3. The third-order valence-corrected chi connectivity index (χ3v) is 3.83. The Hall–Kier alpha value is -0.850. The molecule has 96 valence electrons. The number of thioether (sulfide) groups is 1. The van der Waals surface area contributed by atoms with Gasteiger partial charge in [0.25, 0.3) is 0 Å². The molecule has 2 rings (SSSR count). The van der Waals surface area contributed by atoms with Crippen LogP contribution in [0.3, 0.4) is 0 Å². The summed E-state index contributed by atoms with van der Waals surface area (Å²) in [5, 5.41) is 8.09. The van der Waals surface area contributed by atoms with E-state index in [0.717, 1.165) is 22.4 Å². The maximum absolute atomic E-state index is 5.62. The highest BCUT2D eigenvalue weighted by Gasteiger charge is 2.10. The maximum Gasteiger partial charge on any atom is 0.248 e. The molecule has 0 unspecified atom stereocenters. The van der Waals surface area contributed by atoms with Crippen molar-refractivity contribution in [2.75, 3.05) is 19.5 Å². The van der Waals surface area contributed by atoms with Crippen LogP contribution >= 0.6 is 27.7 Å². The fraction of sp³-hybridized carbons (Fsp3) is 0.333. The summed E-state index contributed by atoms with van der Waals surface area (Å²) in [5.41, 5.74) is 0.915. The largest absolute Gasteiger partial charge is 0.420 e. The van der Waals surface area contributed by atoms with E-state index in [1.165, 1.54) is 0 Å². The Balaban J connectivity index is 2.00. The molecule has 0 fully saturated rings. The normalized spacial score (nSPS) is 10.8. The first-order valence-corrected chi connectivity index (χ1v) is 7.40. The summed E-state index contributed by atoms with van der Waals surface area (Å²) in [6.45, 7) is 0.732. The Morgan fingerprint density at radius 2 is 2.17 bits per heavy atom. The molecule has 0 amide bonds. The van der Waals surface area contributed by atoms with Crippen molar-refractivity contribution in [2.45, 2.75) is 5.75 Å². The predicted octanol–water partition coefficient (Wildman–Crippen LogP) is 3.38. The molecule has 0 bridgehead atoms. The van der Waals surface area contributed by atoms with Crippen LogP contribution in [0.4, 0.5) is 0 Å². The van der Waals surface area contributed by atoms with Gasteiger partial charge < -0.3 is 9.15 Å². The molecule has 0 radical (unpaired) electrons. The fourth-order valence-corrected chi connectivity index (χ4v) is 2.53. The lowest BCUT2D eigenvalue weighted by Crippen LogP contribution is -1.92. The van der Waals surface area contributed by atoms with Gasteiger partial charge in [-0.3, -0.25) is 0 Å². The van der Waals surface area contributed by atoms with E-state index in [2.05, 4.69) is 26.1 Å². The molecule has 2 aromatic rings. The predicted molar refractivity (Wildman–Crippen MR) is 75.5 cm³/mol. The summed E-state index contributed by atoms with van der Waals surface area (Å²) in [4.78, 5) is 0. The average Bonchev–Trinajstić information content (AvgIpc) is 2.84. The Kier molecular flexibility index (Phi) is 5.22. The van der Waals surface area contributed by atoms with Crippen LogP contribution in [0, 0.1) is 0 Å². The summed E-state index contributed by atoms with van der Waals surface area (Å²) in [7, 11) is 1.69. The highest BCUT2D eigenvalue weighted by Crippen LogP contribution is 2.27. The average molecular weight is 329 g/mol. The van der Waals surface area contributed by atoms with Crippen LogP contribution in [0.25, 0.3) is 11.5 Å².